The molecule has 120 valence electrons. The zero-order chi connectivity index (χ0) is 16.5. The SMILES string of the molecule is Cc1oc(-c2ccccc2)nc1COc1cccc2c1CCC2=O. The van der Waals surface area contributed by atoms with Crippen LogP contribution in [0.15, 0.2) is 52.9 Å². The second-order valence-corrected chi connectivity index (χ2v) is 5.88. The van der Waals surface area contributed by atoms with Crippen LogP contribution in [-0.2, 0) is 13.0 Å². The quantitative estimate of drug-likeness (QED) is 0.717. The summed E-state index contributed by atoms with van der Waals surface area (Å²) >= 11 is 0. The molecule has 0 atom stereocenters. The molecule has 0 aliphatic heterocycles. The highest BCUT2D eigenvalue weighted by Crippen LogP contribution is 2.31. The Morgan fingerprint density at radius 3 is 2.75 bits per heavy atom. The summed E-state index contributed by atoms with van der Waals surface area (Å²) in [6.45, 7) is 2.21. The van der Waals surface area contributed by atoms with Gasteiger partial charge in [-0.1, -0.05) is 30.3 Å². The van der Waals surface area contributed by atoms with Crippen molar-refractivity contribution in [3.63, 3.8) is 0 Å². The van der Waals surface area contributed by atoms with Crippen LogP contribution in [0.1, 0.15) is 33.8 Å². The minimum Gasteiger partial charge on any atom is -0.487 e. The van der Waals surface area contributed by atoms with Crippen molar-refractivity contribution < 1.29 is 13.9 Å². The van der Waals surface area contributed by atoms with E-state index in [2.05, 4.69) is 4.98 Å². The number of oxazole rings is 1. The molecule has 0 bridgehead atoms. The predicted octanol–water partition coefficient (Wildman–Crippen LogP) is 4.36. The Bertz CT molecular complexity index is 897. The molecule has 0 radical (unpaired) electrons. The van der Waals surface area contributed by atoms with Crippen molar-refractivity contribution in [1.82, 2.24) is 4.98 Å². The zero-order valence-electron chi connectivity index (χ0n) is 13.4. The second kappa shape index (κ2) is 5.96. The van der Waals surface area contributed by atoms with Gasteiger partial charge in [0.15, 0.2) is 5.78 Å². The van der Waals surface area contributed by atoms with Gasteiger partial charge in [-0.2, -0.15) is 0 Å². The van der Waals surface area contributed by atoms with Gasteiger partial charge in [-0.05, 0) is 31.5 Å². The lowest BCUT2D eigenvalue weighted by atomic mass is 10.1. The molecule has 2 aromatic carbocycles. The number of Topliss-reactive ketones (excluding diaryl/α,β-unsaturated/α-hetero) is 1. The van der Waals surface area contributed by atoms with E-state index in [1.165, 1.54) is 0 Å². The van der Waals surface area contributed by atoms with Gasteiger partial charge in [-0.25, -0.2) is 4.98 Å². The summed E-state index contributed by atoms with van der Waals surface area (Å²) in [5.41, 5.74) is 3.51. The summed E-state index contributed by atoms with van der Waals surface area (Å²) in [6.07, 6.45) is 1.31. The highest BCUT2D eigenvalue weighted by atomic mass is 16.5. The average molecular weight is 319 g/mol. The molecule has 0 N–H and O–H groups in total. The van der Waals surface area contributed by atoms with E-state index in [1.807, 2.05) is 55.5 Å². The fraction of sp³-hybridized carbons (Fsp3) is 0.200. The van der Waals surface area contributed by atoms with E-state index in [9.17, 15) is 4.79 Å². The number of fused-ring (bicyclic) bond motifs is 1. The molecule has 24 heavy (non-hydrogen) atoms. The number of carbonyl (C=O) groups excluding carboxylic acids is 1. The van der Waals surface area contributed by atoms with E-state index in [1.54, 1.807) is 0 Å². The summed E-state index contributed by atoms with van der Waals surface area (Å²) < 4.78 is 11.7. The molecule has 1 aromatic heterocycles. The molecule has 0 amide bonds. The number of carbonyl (C=O) groups is 1. The van der Waals surface area contributed by atoms with E-state index in [0.717, 1.165) is 40.3 Å². The molecule has 3 aromatic rings. The Balaban J connectivity index is 1.55. The first kappa shape index (κ1) is 14.7. The van der Waals surface area contributed by atoms with Gasteiger partial charge in [0.05, 0.1) is 0 Å². The van der Waals surface area contributed by atoms with Crippen LogP contribution in [0.4, 0.5) is 0 Å². The van der Waals surface area contributed by atoms with E-state index in [4.69, 9.17) is 9.15 Å². The monoisotopic (exact) mass is 319 g/mol. The standard InChI is InChI=1S/C20H17NO3/c1-13-17(21-20(24-13)14-6-3-2-4-7-14)12-23-19-9-5-8-15-16(19)10-11-18(15)22/h2-9H,10-12H2,1H3. The first-order valence-corrected chi connectivity index (χ1v) is 8.02. The predicted molar refractivity (Wildman–Crippen MR) is 90.1 cm³/mol. The van der Waals surface area contributed by atoms with Crippen LogP contribution in [0.25, 0.3) is 11.5 Å². The first-order chi connectivity index (χ1) is 11.7. The molecular formula is C20H17NO3. The maximum Gasteiger partial charge on any atom is 0.226 e. The van der Waals surface area contributed by atoms with Gasteiger partial charge in [0.2, 0.25) is 5.89 Å². The summed E-state index contributed by atoms with van der Waals surface area (Å²) in [7, 11) is 0. The minimum atomic E-state index is 0.194. The van der Waals surface area contributed by atoms with Crippen LogP contribution >= 0.6 is 0 Å². The lowest BCUT2D eigenvalue weighted by Crippen LogP contribution is -2.00. The lowest BCUT2D eigenvalue weighted by Gasteiger charge is -2.09. The Morgan fingerprint density at radius 2 is 1.92 bits per heavy atom. The topological polar surface area (TPSA) is 52.3 Å². The normalized spacial score (nSPS) is 13.1. The van der Waals surface area contributed by atoms with E-state index in [-0.39, 0.29) is 5.78 Å². The lowest BCUT2D eigenvalue weighted by molar-refractivity contribution is 0.0994. The van der Waals surface area contributed by atoms with Gasteiger partial charge in [0.25, 0.3) is 0 Å². The maximum absolute atomic E-state index is 11.8. The Kier molecular flexibility index (Phi) is 3.65. The van der Waals surface area contributed by atoms with Gasteiger partial charge < -0.3 is 9.15 Å². The molecule has 1 heterocycles. The van der Waals surface area contributed by atoms with Crippen LogP contribution < -0.4 is 4.74 Å². The number of benzene rings is 2. The van der Waals surface area contributed by atoms with Crippen molar-refractivity contribution >= 4 is 5.78 Å². The fourth-order valence-electron chi connectivity index (χ4n) is 3.01. The van der Waals surface area contributed by atoms with Crippen molar-refractivity contribution in [2.45, 2.75) is 26.4 Å². The number of aryl methyl sites for hydroxylation is 1. The van der Waals surface area contributed by atoms with E-state index < -0.39 is 0 Å². The Morgan fingerprint density at radius 1 is 1.08 bits per heavy atom. The Labute approximate surface area is 140 Å². The molecular weight excluding hydrogens is 302 g/mol. The van der Waals surface area contributed by atoms with E-state index >= 15 is 0 Å². The Hall–Kier alpha value is -2.88. The number of nitrogens with zero attached hydrogens (tertiary/aromatic N) is 1. The highest BCUT2D eigenvalue weighted by molar-refractivity contribution is 6.01. The summed E-state index contributed by atoms with van der Waals surface area (Å²) in [5.74, 6) is 2.30. The molecule has 0 saturated carbocycles. The average Bonchev–Trinajstić information content (AvgIpc) is 3.18. The minimum absolute atomic E-state index is 0.194. The molecule has 0 fully saturated rings. The smallest absolute Gasteiger partial charge is 0.226 e. The van der Waals surface area contributed by atoms with Gasteiger partial charge in [0, 0.05) is 23.1 Å². The molecule has 0 spiro atoms. The van der Waals surface area contributed by atoms with Crippen molar-refractivity contribution in [2.75, 3.05) is 0 Å². The molecule has 0 unspecified atom stereocenters. The number of ketones is 1. The molecule has 4 rings (SSSR count). The largest absolute Gasteiger partial charge is 0.487 e. The van der Waals surface area contributed by atoms with Crippen molar-refractivity contribution in [2.24, 2.45) is 0 Å². The van der Waals surface area contributed by atoms with Crippen LogP contribution in [0.3, 0.4) is 0 Å². The first-order valence-electron chi connectivity index (χ1n) is 8.02. The van der Waals surface area contributed by atoms with E-state index in [0.29, 0.717) is 18.9 Å². The number of hydrogen-bond acceptors (Lipinski definition) is 4. The van der Waals surface area contributed by atoms with Gasteiger partial charge in [-0.3, -0.25) is 4.79 Å². The molecule has 4 heteroatoms. The maximum atomic E-state index is 11.8. The van der Waals surface area contributed by atoms with Crippen LogP contribution in [-0.4, -0.2) is 10.8 Å². The summed E-state index contributed by atoms with van der Waals surface area (Å²) in [6, 6.07) is 15.4. The fourth-order valence-corrected chi connectivity index (χ4v) is 3.01. The van der Waals surface area contributed by atoms with Crippen molar-refractivity contribution in [3.8, 4) is 17.2 Å². The third-order valence-electron chi connectivity index (χ3n) is 4.31. The molecule has 4 nitrogen and oxygen atoms in total. The van der Waals surface area contributed by atoms with Gasteiger partial charge >= 0.3 is 0 Å². The third kappa shape index (κ3) is 2.60. The number of hydrogen-bond donors (Lipinski definition) is 0. The van der Waals surface area contributed by atoms with Crippen LogP contribution in [0.5, 0.6) is 5.75 Å². The molecule has 1 aliphatic carbocycles. The molecule has 1 aliphatic rings. The third-order valence-corrected chi connectivity index (χ3v) is 4.31. The van der Waals surface area contributed by atoms with Gasteiger partial charge in [0.1, 0.15) is 23.8 Å². The highest BCUT2D eigenvalue weighted by Gasteiger charge is 2.23. The zero-order valence-corrected chi connectivity index (χ0v) is 13.4. The van der Waals surface area contributed by atoms with Crippen molar-refractivity contribution in [3.05, 3.63) is 71.1 Å². The number of rotatable bonds is 4. The summed E-state index contributed by atoms with van der Waals surface area (Å²) in [5, 5.41) is 0. The second-order valence-electron chi connectivity index (χ2n) is 5.88. The summed E-state index contributed by atoms with van der Waals surface area (Å²) in [4.78, 5) is 16.4. The molecule has 0 saturated heterocycles. The number of ether oxygens (including phenoxy) is 1. The van der Waals surface area contributed by atoms with Crippen molar-refractivity contribution in [1.29, 1.82) is 0 Å². The van der Waals surface area contributed by atoms with Crippen LogP contribution in [0.2, 0.25) is 0 Å². The van der Waals surface area contributed by atoms with Gasteiger partial charge in [-0.15, -0.1) is 0 Å². The van der Waals surface area contributed by atoms with Crippen LogP contribution in [0, 0.1) is 6.92 Å². The number of aromatic nitrogens is 1.